The molecule has 6 heteroatoms. The zero-order valence-electron chi connectivity index (χ0n) is 15.0. The zero-order valence-corrected chi connectivity index (χ0v) is 15.7. The van der Waals surface area contributed by atoms with Gasteiger partial charge in [-0.25, -0.2) is 4.68 Å². The van der Waals surface area contributed by atoms with Crippen LogP contribution in [0.1, 0.15) is 23.7 Å². The van der Waals surface area contributed by atoms with Gasteiger partial charge in [-0.15, -0.1) is 10.2 Å². The highest BCUT2D eigenvalue weighted by atomic mass is 35.5. The van der Waals surface area contributed by atoms with E-state index in [9.17, 15) is 4.79 Å². The van der Waals surface area contributed by atoms with Crippen molar-refractivity contribution in [2.45, 2.75) is 13.3 Å². The highest BCUT2D eigenvalue weighted by Crippen LogP contribution is 2.36. The molecular formula is C21H17ClN4O. The summed E-state index contributed by atoms with van der Waals surface area (Å²) in [6.45, 7) is 1.85. The molecule has 0 unspecified atom stereocenters. The quantitative estimate of drug-likeness (QED) is 0.473. The Bertz CT molecular complexity index is 1130. The molecule has 2 heterocycles. The molecule has 0 aliphatic heterocycles. The van der Waals surface area contributed by atoms with E-state index in [4.69, 9.17) is 11.6 Å². The fraction of sp³-hybridized carbons (Fsp3) is 0.143. The number of carbonyl (C=O) groups is 1. The standard InChI is InChI=1S/C21H17ClN4O/c1-3-16(27)13-9-11-15(12-10-13)19-17-18(22)20(14-7-5-4-6-8-14)23-24-21(17)26(2)25-19/h4-12H,3H2,1-2H3. The van der Waals surface area contributed by atoms with Gasteiger partial charge in [-0.1, -0.05) is 73.1 Å². The molecule has 4 aromatic rings. The first-order chi connectivity index (χ1) is 13.1. The van der Waals surface area contributed by atoms with Crippen LogP contribution in [0.25, 0.3) is 33.5 Å². The Morgan fingerprint density at radius 3 is 2.30 bits per heavy atom. The molecule has 4 rings (SSSR count). The van der Waals surface area contributed by atoms with Gasteiger partial charge in [0.05, 0.1) is 10.4 Å². The number of fused-ring (bicyclic) bond motifs is 1. The third-order valence-electron chi connectivity index (χ3n) is 4.54. The van der Waals surface area contributed by atoms with Gasteiger partial charge < -0.3 is 0 Å². The lowest BCUT2D eigenvalue weighted by molar-refractivity contribution is 0.0988. The van der Waals surface area contributed by atoms with E-state index in [0.29, 0.717) is 28.3 Å². The average Bonchev–Trinajstić information content (AvgIpc) is 3.06. The van der Waals surface area contributed by atoms with Crippen LogP contribution in [0.4, 0.5) is 0 Å². The number of hydrogen-bond acceptors (Lipinski definition) is 4. The summed E-state index contributed by atoms with van der Waals surface area (Å²) in [5.41, 5.74) is 4.43. The van der Waals surface area contributed by atoms with Crippen LogP contribution in [0, 0.1) is 0 Å². The second kappa shape index (κ2) is 6.93. The number of aromatic nitrogens is 4. The second-order valence-electron chi connectivity index (χ2n) is 6.25. The number of nitrogens with zero attached hydrogens (tertiary/aromatic N) is 4. The molecule has 0 radical (unpaired) electrons. The van der Waals surface area contributed by atoms with Gasteiger partial charge in [0, 0.05) is 30.2 Å². The van der Waals surface area contributed by atoms with E-state index in [1.807, 2.05) is 68.6 Å². The fourth-order valence-corrected chi connectivity index (χ4v) is 3.41. The highest BCUT2D eigenvalue weighted by Gasteiger charge is 2.20. The van der Waals surface area contributed by atoms with Crippen LogP contribution in [0.3, 0.4) is 0 Å². The van der Waals surface area contributed by atoms with E-state index in [0.717, 1.165) is 22.2 Å². The average molecular weight is 377 g/mol. The zero-order chi connectivity index (χ0) is 19.0. The SMILES string of the molecule is CCC(=O)c1ccc(-c2nn(C)c3nnc(-c4ccccc4)c(Cl)c23)cc1. The first-order valence-electron chi connectivity index (χ1n) is 8.68. The second-order valence-corrected chi connectivity index (χ2v) is 6.63. The number of rotatable bonds is 4. The van der Waals surface area contributed by atoms with Crippen molar-refractivity contribution >= 4 is 28.4 Å². The maximum atomic E-state index is 11.9. The molecule has 2 aromatic carbocycles. The lowest BCUT2D eigenvalue weighted by Crippen LogP contribution is -1.95. The molecule has 0 saturated carbocycles. The van der Waals surface area contributed by atoms with Crippen molar-refractivity contribution in [3.05, 3.63) is 65.2 Å². The Morgan fingerprint density at radius 2 is 1.63 bits per heavy atom. The Balaban J connectivity index is 1.90. The third-order valence-corrected chi connectivity index (χ3v) is 4.91. The molecule has 0 N–H and O–H groups in total. The largest absolute Gasteiger partial charge is 0.294 e. The molecule has 2 aromatic heterocycles. The molecular weight excluding hydrogens is 360 g/mol. The van der Waals surface area contributed by atoms with Gasteiger partial charge in [-0.3, -0.25) is 4.79 Å². The summed E-state index contributed by atoms with van der Waals surface area (Å²) in [6, 6.07) is 17.1. The van der Waals surface area contributed by atoms with Crippen LogP contribution in [0.2, 0.25) is 5.02 Å². The molecule has 0 bridgehead atoms. The Kier molecular flexibility index (Phi) is 4.46. The first kappa shape index (κ1) is 17.4. The molecule has 134 valence electrons. The highest BCUT2D eigenvalue weighted by molar-refractivity contribution is 6.38. The van der Waals surface area contributed by atoms with Crippen LogP contribution < -0.4 is 0 Å². The molecule has 0 atom stereocenters. The molecule has 0 amide bonds. The number of benzene rings is 2. The third kappa shape index (κ3) is 3.00. The number of Topliss-reactive ketones (excluding diaryl/α,β-unsaturated/α-hetero) is 1. The lowest BCUT2D eigenvalue weighted by Gasteiger charge is -2.05. The van der Waals surface area contributed by atoms with Crippen molar-refractivity contribution in [1.82, 2.24) is 20.0 Å². The van der Waals surface area contributed by atoms with Crippen LogP contribution in [-0.4, -0.2) is 25.8 Å². The van der Waals surface area contributed by atoms with Crippen LogP contribution in [0.15, 0.2) is 54.6 Å². The van der Waals surface area contributed by atoms with Gasteiger partial charge in [-0.05, 0) is 0 Å². The number of ketones is 1. The van der Waals surface area contributed by atoms with Crippen molar-refractivity contribution in [3.8, 4) is 22.5 Å². The van der Waals surface area contributed by atoms with Crippen molar-refractivity contribution in [2.75, 3.05) is 0 Å². The van der Waals surface area contributed by atoms with Crippen LogP contribution in [0.5, 0.6) is 0 Å². The predicted molar refractivity (Wildman–Crippen MR) is 107 cm³/mol. The summed E-state index contributed by atoms with van der Waals surface area (Å²) in [4.78, 5) is 11.9. The maximum absolute atomic E-state index is 11.9. The Morgan fingerprint density at radius 1 is 0.963 bits per heavy atom. The van der Waals surface area contributed by atoms with Gasteiger partial charge in [0.25, 0.3) is 0 Å². The van der Waals surface area contributed by atoms with E-state index in [1.165, 1.54) is 0 Å². The first-order valence-corrected chi connectivity index (χ1v) is 9.06. The van der Waals surface area contributed by atoms with E-state index in [2.05, 4.69) is 15.3 Å². The van der Waals surface area contributed by atoms with E-state index in [1.54, 1.807) is 4.68 Å². The number of halogens is 1. The summed E-state index contributed by atoms with van der Waals surface area (Å²) in [7, 11) is 1.81. The van der Waals surface area contributed by atoms with E-state index < -0.39 is 0 Å². The summed E-state index contributed by atoms with van der Waals surface area (Å²) < 4.78 is 1.67. The van der Waals surface area contributed by atoms with Gasteiger partial charge in [0.2, 0.25) is 0 Å². The van der Waals surface area contributed by atoms with Crippen LogP contribution in [-0.2, 0) is 7.05 Å². The topological polar surface area (TPSA) is 60.7 Å². The summed E-state index contributed by atoms with van der Waals surface area (Å²) >= 11 is 6.74. The van der Waals surface area contributed by atoms with Crippen molar-refractivity contribution in [1.29, 1.82) is 0 Å². The molecule has 0 aliphatic rings. The molecule has 27 heavy (non-hydrogen) atoms. The molecule has 0 fully saturated rings. The van der Waals surface area contributed by atoms with Crippen molar-refractivity contribution in [2.24, 2.45) is 7.05 Å². The molecule has 0 spiro atoms. The van der Waals surface area contributed by atoms with Crippen LogP contribution >= 0.6 is 11.6 Å². The van der Waals surface area contributed by atoms with E-state index in [-0.39, 0.29) is 5.78 Å². The van der Waals surface area contributed by atoms with Crippen molar-refractivity contribution < 1.29 is 4.79 Å². The molecule has 0 aliphatic carbocycles. The minimum absolute atomic E-state index is 0.114. The smallest absolute Gasteiger partial charge is 0.182 e. The number of hydrogen-bond donors (Lipinski definition) is 0. The lowest BCUT2D eigenvalue weighted by atomic mass is 10.0. The fourth-order valence-electron chi connectivity index (χ4n) is 3.09. The minimum atomic E-state index is 0.114. The van der Waals surface area contributed by atoms with Gasteiger partial charge in [0.15, 0.2) is 11.4 Å². The van der Waals surface area contributed by atoms with Gasteiger partial charge >= 0.3 is 0 Å². The summed E-state index contributed by atoms with van der Waals surface area (Å²) in [5, 5.41) is 14.5. The minimum Gasteiger partial charge on any atom is -0.294 e. The van der Waals surface area contributed by atoms with Gasteiger partial charge in [-0.2, -0.15) is 5.10 Å². The van der Waals surface area contributed by atoms with Crippen molar-refractivity contribution in [3.63, 3.8) is 0 Å². The predicted octanol–water partition coefficient (Wildman–Crippen LogP) is 4.94. The number of aryl methyl sites for hydroxylation is 1. The van der Waals surface area contributed by atoms with E-state index >= 15 is 0 Å². The Labute approximate surface area is 161 Å². The Hall–Kier alpha value is -3.05. The normalized spacial score (nSPS) is 11.1. The monoisotopic (exact) mass is 376 g/mol. The summed E-state index contributed by atoms with van der Waals surface area (Å²) in [6.07, 6.45) is 0.480. The van der Waals surface area contributed by atoms with Gasteiger partial charge in [0.1, 0.15) is 11.4 Å². The summed E-state index contributed by atoms with van der Waals surface area (Å²) in [5.74, 6) is 0.114. The number of carbonyl (C=O) groups excluding carboxylic acids is 1. The molecule has 5 nitrogen and oxygen atoms in total. The molecule has 0 saturated heterocycles. The maximum Gasteiger partial charge on any atom is 0.182 e.